The fraction of sp³-hybridized carbons (Fsp3) is 0.167. The Bertz CT molecular complexity index is 1270. The van der Waals surface area contributed by atoms with Crippen molar-refractivity contribution in [1.82, 2.24) is 25.1 Å². The molecule has 0 saturated heterocycles. The first-order valence-electron chi connectivity index (χ1n) is 10.3. The number of halogens is 1. The molecule has 0 aliphatic rings. The van der Waals surface area contributed by atoms with Crippen LogP contribution in [0.1, 0.15) is 21.7 Å². The minimum Gasteiger partial charge on any atom is -0.493 e. The summed E-state index contributed by atoms with van der Waals surface area (Å²) in [4.78, 5) is 16.8. The summed E-state index contributed by atoms with van der Waals surface area (Å²) >= 11 is 1.48. The average molecular weight is 480 g/mol. The number of amides is 1. The average Bonchev–Trinajstić information content (AvgIpc) is 3.29. The molecule has 0 spiro atoms. The monoisotopic (exact) mass is 479 g/mol. The number of hydrogen-bond acceptors (Lipinski definition) is 7. The summed E-state index contributed by atoms with van der Waals surface area (Å²) in [5, 5.41) is 12.1. The molecule has 174 valence electrons. The number of thioether (sulfide) groups is 1. The Kier molecular flexibility index (Phi) is 7.38. The van der Waals surface area contributed by atoms with Crippen LogP contribution in [-0.4, -0.2) is 39.9 Å². The zero-order valence-corrected chi connectivity index (χ0v) is 19.4. The van der Waals surface area contributed by atoms with Gasteiger partial charge < -0.3 is 14.8 Å². The van der Waals surface area contributed by atoms with Crippen LogP contribution >= 0.6 is 11.8 Å². The number of benzene rings is 2. The van der Waals surface area contributed by atoms with E-state index in [0.29, 0.717) is 39.5 Å². The number of pyridine rings is 1. The van der Waals surface area contributed by atoms with Crippen molar-refractivity contribution in [3.63, 3.8) is 0 Å². The van der Waals surface area contributed by atoms with Crippen molar-refractivity contribution in [3.05, 3.63) is 89.8 Å². The maximum Gasteiger partial charge on any atom is 0.251 e. The van der Waals surface area contributed by atoms with Crippen LogP contribution in [0, 0.1) is 5.82 Å². The van der Waals surface area contributed by atoms with E-state index in [1.807, 2.05) is 12.1 Å². The number of rotatable bonds is 9. The molecule has 34 heavy (non-hydrogen) atoms. The van der Waals surface area contributed by atoms with Gasteiger partial charge in [0.1, 0.15) is 5.82 Å². The molecule has 0 aliphatic carbocycles. The highest BCUT2D eigenvalue weighted by Gasteiger charge is 2.17. The van der Waals surface area contributed by atoms with Gasteiger partial charge in [-0.15, -0.1) is 10.2 Å². The highest BCUT2D eigenvalue weighted by Crippen LogP contribution is 2.28. The first-order valence-corrected chi connectivity index (χ1v) is 11.3. The zero-order chi connectivity index (χ0) is 23.9. The third-order valence-corrected chi connectivity index (χ3v) is 5.96. The van der Waals surface area contributed by atoms with Crippen LogP contribution < -0.4 is 14.8 Å². The molecule has 8 nitrogen and oxygen atoms in total. The summed E-state index contributed by atoms with van der Waals surface area (Å²) in [7, 11) is 3.04. The van der Waals surface area contributed by atoms with Crippen molar-refractivity contribution in [2.75, 3.05) is 14.2 Å². The lowest BCUT2D eigenvalue weighted by atomic mass is 10.2. The molecule has 0 aliphatic heterocycles. The zero-order valence-electron chi connectivity index (χ0n) is 18.6. The summed E-state index contributed by atoms with van der Waals surface area (Å²) in [6.45, 7) is 0.118. The second-order valence-corrected chi connectivity index (χ2v) is 8.05. The summed E-state index contributed by atoms with van der Waals surface area (Å²) in [6.07, 6.45) is 3.46. The van der Waals surface area contributed by atoms with Crippen molar-refractivity contribution >= 4 is 17.7 Å². The summed E-state index contributed by atoms with van der Waals surface area (Å²) in [5.74, 6) is 1.51. The Balaban J connectivity index is 1.55. The molecule has 0 radical (unpaired) electrons. The Hall–Kier alpha value is -3.92. The first kappa shape index (κ1) is 23.2. The molecule has 0 unspecified atom stereocenters. The maximum atomic E-state index is 13.5. The molecular weight excluding hydrogens is 457 g/mol. The Morgan fingerprint density at radius 1 is 1.00 bits per heavy atom. The summed E-state index contributed by atoms with van der Waals surface area (Å²) in [5.41, 5.74) is 2.19. The van der Waals surface area contributed by atoms with Gasteiger partial charge in [-0.2, -0.15) is 0 Å². The number of hydrogen-bond donors (Lipinski definition) is 1. The van der Waals surface area contributed by atoms with Gasteiger partial charge in [0, 0.05) is 29.4 Å². The largest absolute Gasteiger partial charge is 0.493 e. The second kappa shape index (κ2) is 10.8. The lowest BCUT2D eigenvalue weighted by Crippen LogP contribution is -2.24. The predicted molar refractivity (Wildman–Crippen MR) is 126 cm³/mol. The van der Waals surface area contributed by atoms with Gasteiger partial charge in [0.25, 0.3) is 5.91 Å². The van der Waals surface area contributed by atoms with E-state index in [0.717, 1.165) is 5.56 Å². The molecule has 2 aromatic carbocycles. The molecule has 4 rings (SSSR count). The molecule has 0 atom stereocenters. The van der Waals surface area contributed by atoms with Crippen LogP contribution in [0.3, 0.4) is 0 Å². The minimum atomic E-state index is -0.342. The van der Waals surface area contributed by atoms with Crippen LogP contribution in [0.2, 0.25) is 0 Å². The predicted octanol–water partition coefficient (Wildman–Crippen LogP) is 4.04. The van der Waals surface area contributed by atoms with Crippen LogP contribution in [0.25, 0.3) is 5.69 Å². The molecule has 1 N–H and O–H groups in total. The molecule has 0 saturated carbocycles. The topological polar surface area (TPSA) is 91.2 Å². The molecule has 10 heteroatoms. The SMILES string of the molecule is COc1ccc(C(=O)NCc2nnc(SCc3ccncc3)n2-c2ccc(F)cc2)cc1OC. The van der Waals surface area contributed by atoms with E-state index in [4.69, 9.17) is 9.47 Å². The van der Waals surface area contributed by atoms with Crippen LogP contribution in [0.4, 0.5) is 4.39 Å². The van der Waals surface area contributed by atoms with E-state index < -0.39 is 0 Å². The fourth-order valence-electron chi connectivity index (χ4n) is 3.22. The Labute approximate surface area is 200 Å². The van der Waals surface area contributed by atoms with Gasteiger partial charge >= 0.3 is 0 Å². The molecule has 4 aromatic rings. The highest BCUT2D eigenvalue weighted by molar-refractivity contribution is 7.98. The smallest absolute Gasteiger partial charge is 0.251 e. The number of aromatic nitrogens is 4. The molecule has 0 fully saturated rings. The van der Waals surface area contributed by atoms with E-state index in [1.54, 1.807) is 47.3 Å². The standard InChI is InChI=1S/C24H22FN5O3S/c1-32-20-8-3-17(13-21(20)33-2)23(31)27-14-22-28-29-24(34-15-16-9-11-26-12-10-16)30(22)19-6-4-18(25)5-7-19/h3-13H,14-15H2,1-2H3,(H,27,31). The lowest BCUT2D eigenvalue weighted by Gasteiger charge is -2.12. The minimum absolute atomic E-state index is 0.118. The van der Waals surface area contributed by atoms with Gasteiger partial charge in [0.2, 0.25) is 0 Å². The van der Waals surface area contributed by atoms with Crippen molar-refractivity contribution in [2.24, 2.45) is 0 Å². The Morgan fingerprint density at radius 3 is 2.44 bits per heavy atom. The number of carbonyl (C=O) groups is 1. The molecular formula is C24H22FN5O3S. The summed E-state index contributed by atoms with van der Waals surface area (Å²) in [6, 6.07) is 14.8. The fourth-order valence-corrected chi connectivity index (χ4v) is 4.15. The van der Waals surface area contributed by atoms with Gasteiger partial charge in [0.05, 0.1) is 20.8 Å². The van der Waals surface area contributed by atoms with Gasteiger partial charge in [-0.1, -0.05) is 11.8 Å². The normalized spacial score (nSPS) is 10.7. The van der Waals surface area contributed by atoms with E-state index in [1.165, 1.54) is 38.1 Å². The Morgan fingerprint density at radius 2 is 1.74 bits per heavy atom. The van der Waals surface area contributed by atoms with Crippen molar-refractivity contribution in [1.29, 1.82) is 0 Å². The highest BCUT2D eigenvalue weighted by atomic mass is 32.2. The van der Waals surface area contributed by atoms with Gasteiger partial charge in [0.15, 0.2) is 22.5 Å². The molecule has 0 bridgehead atoms. The quantitative estimate of drug-likeness (QED) is 0.362. The number of nitrogens with one attached hydrogen (secondary N) is 1. The third-order valence-electron chi connectivity index (χ3n) is 4.96. The van der Waals surface area contributed by atoms with E-state index >= 15 is 0 Å². The lowest BCUT2D eigenvalue weighted by molar-refractivity contribution is 0.0949. The van der Waals surface area contributed by atoms with Crippen molar-refractivity contribution < 1.29 is 18.7 Å². The molecule has 1 amide bonds. The van der Waals surface area contributed by atoms with E-state index in [9.17, 15) is 9.18 Å². The van der Waals surface area contributed by atoms with E-state index in [-0.39, 0.29) is 18.3 Å². The van der Waals surface area contributed by atoms with Crippen LogP contribution in [0.15, 0.2) is 72.1 Å². The first-order chi connectivity index (χ1) is 16.6. The third kappa shape index (κ3) is 5.34. The van der Waals surface area contributed by atoms with Crippen LogP contribution in [-0.2, 0) is 12.3 Å². The number of ether oxygens (including phenoxy) is 2. The molecule has 2 heterocycles. The van der Waals surface area contributed by atoms with Crippen molar-refractivity contribution in [2.45, 2.75) is 17.5 Å². The van der Waals surface area contributed by atoms with Crippen molar-refractivity contribution in [3.8, 4) is 17.2 Å². The number of nitrogens with zero attached hydrogens (tertiary/aromatic N) is 4. The summed E-state index contributed by atoms with van der Waals surface area (Å²) < 4.78 is 25.8. The van der Waals surface area contributed by atoms with Gasteiger partial charge in [-0.3, -0.25) is 14.3 Å². The van der Waals surface area contributed by atoms with Gasteiger partial charge in [-0.25, -0.2) is 4.39 Å². The van der Waals surface area contributed by atoms with Crippen LogP contribution in [0.5, 0.6) is 11.5 Å². The second-order valence-electron chi connectivity index (χ2n) is 7.11. The number of carbonyl (C=O) groups excluding carboxylic acids is 1. The number of methoxy groups -OCH3 is 2. The van der Waals surface area contributed by atoms with E-state index in [2.05, 4.69) is 20.5 Å². The van der Waals surface area contributed by atoms with Gasteiger partial charge in [-0.05, 0) is 60.2 Å². The maximum absolute atomic E-state index is 13.5. The molecule has 2 aromatic heterocycles.